The first-order valence-corrected chi connectivity index (χ1v) is 24.2. The number of hydrogen-bond acceptors (Lipinski definition) is 13. The molecule has 3 fully saturated rings. The lowest BCUT2D eigenvalue weighted by Gasteiger charge is -2.43. The third-order valence-corrected chi connectivity index (χ3v) is 14.9. The van der Waals surface area contributed by atoms with Crippen molar-refractivity contribution < 1.29 is 63.6 Å². The topological polar surface area (TPSA) is 202 Å². The Balaban J connectivity index is 1.70. The summed E-state index contributed by atoms with van der Waals surface area (Å²) in [6.45, 7) is 13.2. The molecule has 3 heterocycles. The molecule has 370 valence electrons. The number of carbonyl (C=O) groups is 3. The molecule has 0 aromatic rings. The lowest BCUT2D eigenvalue weighted by Crippen LogP contribution is -2.61. The minimum absolute atomic E-state index is 0.0359. The van der Waals surface area contributed by atoms with Crippen molar-refractivity contribution in [3.8, 4) is 0 Å². The molecular formula is C51H83NO13. The normalized spacial score (nSPS) is 42.7. The molecule has 1 amide bonds. The summed E-state index contributed by atoms with van der Waals surface area (Å²) in [6, 6.07) is -1.10. The highest BCUT2D eigenvalue weighted by Crippen LogP contribution is 2.38. The van der Waals surface area contributed by atoms with E-state index in [9.17, 15) is 39.9 Å². The van der Waals surface area contributed by atoms with Gasteiger partial charge in [0, 0.05) is 52.6 Å². The average molecular weight is 918 g/mol. The third-order valence-electron chi connectivity index (χ3n) is 14.9. The van der Waals surface area contributed by atoms with E-state index in [0.717, 1.165) is 12.0 Å². The van der Waals surface area contributed by atoms with Gasteiger partial charge in [0.05, 0.1) is 36.6 Å². The van der Waals surface area contributed by atoms with E-state index in [4.69, 9.17) is 23.7 Å². The Labute approximate surface area is 388 Å². The molecule has 14 nitrogen and oxygen atoms in total. The van der Waals surface area contributed by atoms with E-state index in [1.807, 2.05) is 58.1 Å². The van der Waals surface area contributed by atoms with Gasteiger partial charge >= 0.3 is 5.97 Å². The van der Waals surface area contributed by atoms with E-state index < -0.39 is 90.2 Å². The smallest absolute Gasteiger partial charge is 0.329 e. The predicted octanol–water partition coefficient (Wildman–Crippen LogP) is 5.76. The van der Waals surface area contributed by atoms with Gasteiger partial charge in [-0.1, -0.05) is 71.1 Å². The lowest BCUT2D eigenvalue weighted by molar-refractivity contribution is -0.265. The summed E-state index contributed by atoms with van der Waals surface area (Å²) in [5.41, 5.74) is 1.41. The summed E-state index contributed by atoms with van der Waals surface area (Å²) >= 11 is 0. The Morgan fingerprint density at radius 3 is 2.22 bits per heavy atom. The van der Waals surface area contributed by atoms with Crippen LogP contribution in [0.2, 0.25) is 0 Å². The molecule has 1 aliphatic carbocycles. The Morgan fingerprint density at radius 2 is 1.54 bits per heavy atom. The molecule has 5 N–H and O–H groups in total. The monoisotopic (exact) mass is 918 g/mol. The number of amides is 1. The van der Waals surface area contributed by atoms with E-state index in [1.165, 1.54) is 12.0 Å². The number of aliphatic hydroxyl groups excluding tert-OH is 4. The number of hydrogen-bond donors (Lipinski definition) is 5. The van der Waals surface area contributed by atoms with E-state index in [-0.39, 0.29) is 49.2 Å². The number of ketones is 1. The van der Waals surface area contributed by atoms with Gasteiger partial charge in [-0.3, -0.25) is 9.59 Å². The minimum atomic E-state index is -2.41. The number of piperidine rings is 1. The van der Waals surface area contributed by atoms with Crippen LogP contribution >= 0.6 is 0 Å². The standard InChI is InChI=1S/C51H83NO13/c1-30-16-12-11-13-17-31(2)42(61-8)28-38-21-19-36(7)51(60,65-38)48(57)49(58)52-23-15-14-18-39(52)50(59)64-43(33(4)26-37-20-22-40(53)44(27-37)62-9)29-41(54)32(3)25-35(6)46(56)47(63-10)45(55)34(5)24-30/h11-13,16-17,25,30,32-34,36-47,53-56,60H,14-15,18-24,26-29H2,1-10H3/b13-11+,16-12+,31-17+,35-25+/t30-,32-,33-,34-,36-,37+,38?,39+,40-,41+,42+,43?,44-,45+,46?,47+,51-/m1/s1. The van der Waals surface area contributed by atoms with Crippen LogP contribution in [0.25, 0.3) is 0 Å². The van der Waals surface area contributed by atoms with Crippen LogP contribution in [0.4, 0.5) is 0 Å². The number of nitrogens with zero attached hydrogens (tertiary/aromatic N) is 1. The summed E-state index contributed by atoms with van der Waals surface area (Å²) in [5, 5.41) is 57.2. The number of cyclic esters (lactones) is 1. The van der Waals surface area contributed by atoms with Crippen LogP contribution < -0.4 is 0 Å². The maximum Gasteiger partial charge on any atom is 0.329 e. The number of rotatable bonds is 6. The number of allylic oxidation sites excluding steroid dienone is 5. The van der Waals surface area contributed by atoms with Gasteiger partial charge in [0.2, 0.25) is 5.79 Å². The van der Waals surface area contributed by atoms with E-state index >= 15 is 0 Å². The maximum atomic E-state index is 14.4. The van der Waals surface area contributed by atoms with Gasteiger partial charge in [-0.15, -0.1) is 0 Å². The first-order chi connectivity index (χ1) is 30.7. The molecule has 0 aromatic heterocycles. The zero-order valence-corrected chi connectivity index (χ0v) is 40.8. The Morgan fingerprint density at radius 1 is 0.815 bits per heavy atom. The molecule has 1 saturated carbocycles. The average Bonchev–Trinajstić information content (AvgIpc) is 3.28. The molecular weight excluding hydrogens is 835 g/mol. The van der Waals surface area contributed by atoms with Crippen molar-refractivity contribution in [1.82, 2.24) is 4.90 Å². The molecule has 0 spiro atoms. The fourth-order valence-electron chi connectivity index (χ4n) is 10.4. The van der Waals surface area contributed by atoms with Crippen LogP contribution in [0.1, 0.15) is 126 Å². The van der Waals surface area contributed by atoms with Crippen LogP contribution in [0.3, 0.4) is 0 Å². The van der Waals surface area contributed by atoms with E-state index in [1.54, 1.807) is 34.1 Å². The van der Waals surface area contributed by atoms with Gasteiger partial charge < -0.3 is 54.1 Å². The van der Waals surface area contributed by atoms with Crippen molar-refractivity contribution in [2.75, 3.05) is 27.9 Å². The van der Waals surface area contributed by atoms with Crippen LogP contribution in [0.5, 0.6) is 0 Å². The zero-order valence-electron chi connectivity index (χ0n) is 40.8. The molecule has 4 rings (SSSR count). The van der Waals surface area contributed by atoms with Crippen LogP contribution in [0.15, 0.2) is 47.6 Å². The summed E-state index contributed by atoms with van der Waals surface area (Å²) < 4.78 is 29.6. The van der Waals surface area contributed by atoms with Gasteiger partial charge in [0.25, 0.3) is 11.7 Å². The largest absolute Gasteiger partial charge is 0.460 e. The van der Waals surface area contributed by atoms with Gasteiger partial charge in [-0.05, 0) is 113 Å². The first-order valence-electron chi connectivity index (χ1n) is 24.2. The SMILES string of the molecule is CO[C@H]1CC2CC[C@@H](C)[C@@](O)(O2)C(=O)C(=O)N2CCCC[C@H]2C(=O)OC([C@H](C)C[C@@H]2CC[C@@H](O)[C@H](OC)C2)C[C@H](O)[C@H](C)/C=C(\C)C(O)[C@@H](OC)[C@@H](O)[C@H](C)C[C@H](C)/C=C/C=C/C=C/1C. The fraction of sp³-hybridized carbons (Fsp3) is 0.784. The van der Waals surface area contributed by atoms with Crippen LogP contribution in [-0.2, 0) is 38.1 Å². The third kappa shape index (κ3) is 14.6. The first kappa shape index (κ1) is 54.8. The molecule has 3 aliphatic heterocycles. The molecule has 2 saturated heterocycles. The minimum Gasteiger partial charge on any atom is -0.460 e. The van der Waals surface area contributed by atoms with Crippen molar-refractivity contribution >= 4 is 17.7 Å². The van der Waals surface area contributed by atoms with Crippen molar-refractivity contribution in [3.05, 3.63) is 47.6 Å². The van der Waals surface area contributed by atoms with Crippen molar-refractivity contribution in [1.29, 1.82) is 0 Å². The van der Waals surface area contributed by atoms with Crippen LogP contribution in [0, 0.1) is 35.5 Å². The van der Waals surface area contributed by atoms with E-state index in [2.05, 4.69) is 6.92 Å². The Hall–Kier alpha value is -2.79. The number of Topliss-reactive ketones (excluding diaryl/α,β-unsaturated/α-hetero) is 1. The second kappa shape index (κ2) is 25.5. The summed E-state index contributed by atoms with van der Waals surface area (Å²) in [6.07, 6.45) is 10.6. The molecule has 0 radical (unpaired) electrons. The van der Waals surface area contributed by atoms with Gasteiger partial charge in [0.1, 0.15) is 24.4 Å². The molecule has 2 bridgehead atoms. The maximum absolute atomic E-state index is 14.4. The van der Waals surface area contributed by atoms with Crippen LogP contribution in [-0.4, -0.2) is 143 Å². The van der Waals surface area contributed by atoms with Gasteiger partial charge in [-0.25, -0.2) is 4.79 Å². The Bertz CT molecular complexity index is 1660. The fourth-order valence-corrected chi connectivity index (χ4v) is 10.4. The zero-order chi connectivity index (χ0) is 48.2. The lowest BCUT2D eigenvalue weighted by atomic mass is 9.78. The second-order valence-corrected chi connectivity index (χ2v) is 20.0. The number of methoxy groups -OCH3 is 3. The molecule has 17 atom stereocenters. The molecule has 65 heavy (non-hydrogen) atoms. The molecule has 4 aliphatic rings. The molecule has 14 heteroatoms. The van der Waals surface area contributed by atoms with Gasteiger partial charge in [0.15, 0.2) is 0 Å². The number of carbonyl (C=O) groups excluding carboxylic acids is 3. The number of aliphatic hydroxyl groups is 5. The summed E-state index contributed by atoms with van der Waals surface area (Å²) in [4.78, 5) is 44.1. The summed E-state index contributed by atoms with van der Waals surface area (Å²) in [7, 11) is 4.63. The van der Waals surface area contributed by atoms with E-state index in [0.29, 0.717) is 63.4 Å². The number of esters is 1. The highest BCUT2D eigenvalue weighted by Gasteiger charge is 2.53. The van der Waals surface area contributed by atoms with Gasteiger partial charge in [-0.2, -0.15) is 0 Å². The van der Waals surface area contributed by atoms with Crippen molar-refractivity contribution in [3.63, 3.8) is 0 Å². The highest BCUT2D eigenvalue weighted by molar-refractivity contribution is 6.39. The van der Waals surface area contributed by atoms with Crippen molar-refractivity contribution in [2.24, 2.45) is 35.5 Å². The number of ether oxygens (including phenoxy) is 5. The summed E-state index contributed by atoms with van der Waals surface area (Å²) in [5.74, 6) is -6.69. The molecule has 0 aromatic carbocycles. The predicted molar refractivity (Wildman–Crippen MR) is 247 cm³/mol. The van der Waals surface area contributed by atoms with Crippen molar-refractivity contribution in [2.45, 2.75) is 192 Å². The quantitative estimate of drug-likeness (QED) is 0.122. The molecule has 3 unspecified atom stereocenters. The highest BCUT2D eigenvalue weighted by atomic mass is 16.6. The second-order valence-electron chi connectivity index (χ2n) is 20.0. The number of fused-ring (bicyclic) bond motifs is 3. The Kier molecular flexibility index (Phi) is 21.5.